The monoisotopic (exact) mass is 280 g/mol. The number of rotatable bonds is 5. The summed E-state index contributed by atoms with van der Waals surface area (Å²) in [5.41, 5.74) is -0.0642. The normalized spacial score (nSPS) is 13.1. The molecule has 3 N–H and O–H groups in total. The highest BCUT2D eigenvalue weighted by molar-refractivity contribution is 5.92. The fourth-order valence-corrected chi connectivity index (χ4v) is 1.20. The van der Waals surface area contributed by atoms with Gasteiger partial charge >= 0.3 is 6.18 Å². The number of anilines is 1. The van der Waals surface area contributed by atoms with Crippen molar-refractivity contribution in [3.63, 3.8) is 0 Å². The first-order valence-corrected chi connectivity index (χ1v) is 5.30. The van der Waals surface area contributed by atoms with Crippen molar-refractivity contribution in [3.05, 3.63) is 30.1 Å². The van der Waals surface area contributed by atoms with Crippen LogP contribution in [0.3, 0.4) is 0 Å². The highest BCUT2D eigenvalue weighted by Gasteiger charge is 2.37. The Kier molecular flexibility index (Phi) is 5.25. The van der Waals surface area contributed by atoms with Gasteiger partial charge in [0.05, 0.1) is 12.2 Å². The SMILES string of the molecule is O=C(CNCC(O)C(F)(F)F)Nc1ccccc1F. The molecule has 19 heavy (non-hydrogen) atoms. The predicted octanol–water partition coefficient (Wildman–Crippen LogP) is 1.28. The van der Waals surface area contributed by atoms with Gasteiger partial charge in [0.1, 0.15) is 5.82 Å². The van der Waals surface area contributed by atoms with E-state index >= 15 is 0 Å². The third-order valence-electron chi connectivity index (χ3n) is 2.15. The van der Waals surface area contributed by atoms with E-state index < -0.39 is 37.1 Å². The van der Waals surface area contributed by atoms with Gasteiger partial charge in [0.25, 0.3) is 0 Å². The maximum atomic E-state index is 13.1. The molecule has 1 rings (SSSR count). The lowest BCUT2D eigenvalue weighted by molar-refractivity contribution is -0.201. The van der Waals surface area contributed by atoms with Crippen LogP contribution in [0.4, 0.5) is 23.2 Å². The molecule has 8 heteroatoms. The minimum Gasteiger partial charge on any atom is -0.382 e. The van der Waals surface area contributed by atoms with Crippen LogP contribution in [0.5, 0.6) is 0 Å². The third kappa shape index (κ3) is 5.23. The zero-order valence-corrected chi connectivity index (χ0v) is 9.67. The molecule has 0 aliphatic heterocycles. The molecule has 1 unspecified atom stereocenters. The van der Waals surface area contributed by atoms with Gasteiger partial charge in [0.2, 0.25) is 5.91 Å². The van der Waals surface area contributed by atoms with E-state index in [1.165, 1.54) is 18.2 Å². The molecule has 1 atom stereocenters. The van der Waals surface area contributed by atoms with E-state index in [-0.39, 0.29) is 5.69 Å². The van der Waals surface area contributed by atoms with Gasteiger partial charge in [-0.2, -0.15) is 13.2 Å². The Morgan fingerprint density at radius 1 is 1.32 bits per heavy atom. The molecule has 0 fully saturated rings. The summed E-state index contributed by atoms with van der Waals surface area (Å²) in [4.78, 5) is 11.3. The van der Waals surface area contributed by atoms with Gasteiger partial charge in [-0.25, -0.2) is 4.39 Å². The Balaban J connectivity index is 2.35. The molecule has 0 aliphatic carbocycles. The van der Waals surface area contributed by atoms with Crippen molar-refractivity contribution in [1.29, 1.82) is 0 Å². The van der Waals surface area contributed by atoms with Crippen LogP contribution in [-0.4, -0.2) is 36.4 Å². The third-order valence-corrected chi connectivity index (χ3v) is 2.15. The fraction of sp³-hybridized carbons (Fsp3) is 0.364. The van der Waals surface area contributed by atoms with Crippen molar-refractivity contribution in [2.45, 2.75) is 12.3 Å². The van der Waals surface area contributed by atoms with Crippen LogP contribution < -0.4 is 10.6 Å². The van der Waals surface area contributed by atoms with E-state index in [1.807, 2.05) is 0 Å². The number of carbonyl (C=O) groups is 1. The van der Waals surface area contributed by atoms with Crippen molar-refractivity contribution >= 4 is 11.6 Å². The Bertz CT molecular complexity index is 437. The van der Waals surface area contributed by atoms with Crippen molar-refractivity contribution in [3.8, 4) is 0 Å². The van der Waals surface area contributed by atoms with Gasteiger partial charge < -0.3 is 15.7 Å². The van der Waals surface area contributed by atoms with Crippen LogP contribution in [0.2, 0.25) is 0 Å². The highest BCUT2D eigenvalue weighted by atomic mass is 19.4. The van der Waals surface area contributed by atoms with E-state index in [0.29, 0.717) is 0 Å². The second kappa shape index (κ2) is 6.48. The smallest absolute Gasteiger partial charge is 0.382 e. The van der Waals surface area contributed by atoms with Crippen LogP contribution in [0.25, 0.3) is 0 Å². The highest BCUT2D eigenvalue weighted by Crippen LogP contribution is 2.19. The van der Waals surface area contributed by atoms with E-state index in [4.69, 9.17) is 5.11 Å². The van der Waals surface area contributed by atoms with Crippen molar-refractivity contribution in [2.75, 3.05) is 18.4 Å². The molecule has 1 aromatic rings. The molecule has 0 saturated heterocycles. The summed E-state index contributed by atoms with van der Waals surface area (Å²) in [5.74, 6) is -1.36. The Labute approximate surface area is 106 Å². The average molecular weight is 280 g/mol. The van der Waals surface area contributed by atoms with E-state index in [1.54, 1.807) is 0 Å². The molecule has 0 aromatic heterocycles. The number of aliphatic hydroxyl groups excluding tert-OH is 1. The van der Waals surface area contributed by atoms with Crippen molar-refractivity contribution in [2.24, 2.45) is 0 Å². The number of alkyl halides is 3. The molecule has 0 spiro atoms. The molecule has 0 saturated carbocycles. The van der Waals surface area contributed by atoms with Crippen molar-refractivity contribution < 1.29 is 27.5 Å². The van der Waals surface area contributed by atoms with Crippen LogP contribution in [0.15, 0.2) is 24.3 Å². The molecule has 1 amide bonds. The molecule has 1 aromatic carbocycles. The summed E-state index contributed by atoms with van der Waals surface area (Å²) in [7, 11) is 0. The zero-order valence-electron chi connectivity index (χ0n) is 9.67. The van der Waals surface area contributed by atoms with Gasteiger partial charge in [-0.15, -0.1) is 0 Å². The lowest BCUT2D eigenvalue weighted by atomic mass is 10.3. The number of carbonyl (C=O) groups excluding carboxylic acids is 1. The first-order valence-electron chi connectivity index (χ1n) is 5.30. The summed E-state index contributed by atoms with van der Waals surface area (Å²) < 4.78 is 48.9. The average Bonchev–Trinajstić information content (AvgIpc) is 2.31. The molecule has 4 nitrogen and oxygen atoms in total. The Morgan fingerprint density at radius 3 is 2.53 bits per heavy atom. The van der Waals surface area contributed by atoms with Crippen molar-refractivity contribution in [1.82, 2.24) is 5.32 Å². The van der Waals surface area contributed by atoms with E-state index in [0.717, 1.165) is 6.07 Å². The summed E-state index contributed by atoms with van der Waals surface area (Å²) in [6, 6.07) is 5.39. The summed E-state index contributed by atoms with van der Waals surface area (Å²) in [6.45, 7) is -1.28. The second-order valence-corrected chi connectivity index (χ2v) is 3.72. The fourth-order valence-electron chi connectivity index (χ4n) is 1.20. The molecular weight excluding hydrogens is 268 g/mol. The van der Waals surface area contributed by atoms with Crippen LogP contribution in [0, 0.1) is 5.82 Å². The van der Waals surface area contributed by atoms with Gasteiger partial charge in [0, 0.05) is 6.54 Å². The molecule has 0 heterocycles. The Hall–Kier alpha value is -1.67. The number of hydrogen-bond acceptors (Lipinski definition) is 3. The van der Waals surface area contributed by atoms with E-state index in [2.05, 4.69) is 10.6 Å². The first-order chi connectivity index (χ1) is 8.80. The predicted molar refractivity (Wildman–Crippen MR) is 60.0 cm³/mol. The number of halogens is 4. The molecule has 106 valence electrons. The van der Waals surface area contributed by atoms with E-state index in [9.17, 15) is 22.4 Å². The minimum atomic E-state index is -4.74. The van der Waals surface area contributed by atoms with Gasteiger partial charge in [-0.05, 0) is 12.1 Å². The zero-order chi connectivity index (χ0) is 14.5. The quantitative estimate of drug-likeness (QED) is 0.712. The number of hydrogen-bond donors (Lipinski definition) is 3. The topological polar surface area (TPSA) is 61.4 Å². The van der Waals surface area contributed by atoms with Gasteiger partial charge in [-0.1, -0.05) is 12.1 Å². The standard InChI is InChI=1S/C11H12F4N2O2/c12-7-3-1-2-4-8(7)17-10(19)6-16-5-9(18)11(13,14)15/h1-4,9,16,18H,5-6H2,(H,17,19). The first kappa shape index (κ1) is 15.4. The lowest BCUT2D eigenvalue weighted by Gasteiger charge is -2.14. The number of benzene rings is 1. The molecular formula is C11H12F4N2O2. The summed E-state index contributed by atoms with van der Waals surface area (Å²) in [6.07, 6.45) is -7.29. The lowest BCUT2D eigenvalue weighted by Crippen LogP contribution is -2.41. The maximum absolute atomic E-state index is 13.1. The number of aliphatic hydroxyl groups is 1. The van der Waals surface area contributed by atoms with Crippen LogP contribution in [0.1, 0.15) is 0 Å². The van der Waals surface area contributed by atoms with Gasteiger partial charge in [0.15, 0.2) is 6.10 Å². The largest absolute Gasteiger partial charge is 0.415 e. The maximum Gasteiger partial charge on any atom is 0.415 e. The molecule has 0 radical (unpaired) electrons. The second-order valence-electron chi connectivity index (χ2n) is 3.72. The number of amides is 1. The van der Waals surface area contributed by atoms with Gasteiger partial charge in [-0.3, -0.25) is 4.79 Å². The summed E-state index contributed by atoms with van der Waals surface area (Å²) in [5, 5.41) is 13.0. The molecule has 0 aliphatic rings. The Morgan fingerprint density at radius 2 is 1.95 bits per heavy atom. The van der Waals surface area contributed by atoms with Crippen LogP contribution >= 0.6 is 0 Å². The van der Waals surface area contributed by atoms with Crippen LogP contribution in [-0.2, 0) is 4.79 Å². The number of para-hydroxylation sites is 1. The number of nitrogens with one attached hydrogen (secondary N) is 2. The summed E-state index contributed by atoms with van der Waals surface area (Å²) >= 11 is 0. The molecule has 0 bridgehead atoms. The minimum absolute atomic E-state index is 0.0642.